The molecule has 0 spiro atoms. The molecular formula is C25H28O14. The fraction of sp³-hybridized carbons (Fsp3) is 0.360. The van der Waals surface area contributed by atoms with E-state index in [0.717, 1.165) is 0 Å². The molecule has 2 aromatic carbocycles. The maximum absolute atomic E-state index is 11.8. The summed E-state index contributed by atoms with van der Waals surface area (Å²) in [6.07, 6.45) is -1.13. The quantitative estimate of drug-likeness (QED) is 0.122. The van der Waals surface area contributed by atoms with Crippen LogP contribution in [-0.4, -0.2) is 50.7 Å². The summed E-state index contributed by atoms with van der Waals surface area (Å²) in [4.78, 5) is 63.5. The van der Waals surface area contributed by atoms with Gasteiger partial charge >= 0.3 is 24.2 Å². The van der Waals surface area contributed by atoms with Crippen LogP contribution in [0.1, 0.15) is 53.8 Å². The van der Waals surface area contributed by atoms with E-state index in [4.69, 9.17) is 18.9 Å². The van der Waals surface area contributed by atoms with Crippen molar-refractivity contribution >= 4 is 24.2 Å². The average Bonchev–Trinajstić information content (AvgIpc) is 2.93. The lowest BCUT2D eigenvalue weighted by atomic mass is 10.2. The number of unbranched alkanes of at least 4 members (excludes halogenated alkanes) is 2. The third kappa shape index (κ3) is 12.5. The topological polar surface area (TPSA) is 161 Å². The maximum atomic E-state index is 11.8. The number of hydrogen-bond donors (Lipinski definition) is 0. The van der Waals surface area contributed by atoms with Crippen LogP contribution in [0, 0.1) is 0 Å². The molecule has 2 rings (SSSR count). The van der Waals surface area contributed by atoms with E-state index in [0.29, 0.717) is 44.0 Å². The molecule has 212 valence electrons. The maximum Gasteiger partial charge on any atom is 0.543 e. The van der Waals surface area contributed by atoms with Crippen molar-refractivity contribution < 1.29 is 67.8 Å². The highest BCUT2D eigenvalue weighted by Gasteiger charge is 2.14. The largest absolute Gasteiger partial charge is 0.543 e. The first-order valence-corrected chi connectivity index (χ1v) is 11.8. The molecule has 0 amide bonds. The normalized spacial score (nSPS) is 10.1. The Labute approximate surface area is 223 Å². The van der Waals surface area contributed by atoms with Crippen LogP contribution in [0.25, 0.3) is 0 Å². The fourth-order valence-electron chi connectivity index (χ4n) is 2.70. The molecule has 0 unspecified atom stereocenters. The second-order valence-corrected chi connectivity index (χ2v) is 7.22. The van der Waals surface area contributed by atoms with E-state index in [2.05, 4.69) is 29.6 Å². The summed E-state index contributed by atoms with van der Waals surface area (Å²) in [5, 5.41) is 8.24. The summed E-state index contributed by atoms with van der Waals surface area (Å²) >= 11 is 0. The zero-order chi connectivity index (χ0) is 28.3. The zero-order valence-electron chi connectivity index (χ0n) is 21.3. The van der Waals surface area contributed by atoms with Gasteiger partial charge in [0.25, 0.3) is 0 Å². The van der Waals surface area contributed by atoms with Crippen molar-refractivity contribution in [1.82, 2.24) is 0 Å². The molecule has 14 nitrogen and oxygen atoms in total. The minimum absolute atomic E-state index is 0.0376. The van der Waals surface area contributed by atoms with E-state index >= 15 is 0 Å². The molecule has 14 heteroatoms. The van der Waals surface area contributed by atoms with Gasteiger partial charge in [0, 0.05) is 0 Å². The van der Waals surface area contributed by atoms with Gasteiger partial charge in [0.05, 0.1) is 47.6 Å². The van der Waals surface area contributed by atoms with Gasteiger partial charge in [-0.25, -0.2) is 29.0 Å². The molecule has 0 atom stereocenters. The Morgan fingerprint density at radius 2 is 0.923 bits per heavy atom. The molecule has 0 aliphatic rings. The van der Waals surface area contributed by atoms with Crippen molar-refractivity contribution in [2.45, 2.75) is 33.1 Å². The van der Waals surface area contributed by atoms with Crippen LogP contribution in [0.3, 0.4) is 0 Å². The van der Waals surface area contributed by atoms with Gasteiger partial charge in [-0.05, 0) is 81.6 Å². The standard InChI is InChI=1S/C25H28O14/c1-3-30-20-12-8-18(9-13-20)22(26)34-38-36-24(28)32-16-6-5-7-17-33-25(29)37-39-35-23(27)19-10-14-21(15-11-19)31-4-2/h8-15H,3-7,16-17H2,1-2H3. The number of hydrogen-bond acceptors (Lipinski definition) is 14. The van der Waals surface area contributed by atoms with E-state index in [1.807, 2.05) is 13.8 Å². The van der Waals surface area contributed by atoms with E-state index in [1.54, 1.807) is 24.3 Å². The summed E-state index contributed by atoms with van der Waals surface area (Å²) in [6.45, 7) is 4.54. The minimum atomic E-state index is -1.22. The first-order chi connectivity index (χ1) is 18.9. The lowest BCUT2D eigenvalue weighted by Gasteiger charge is -2.06. The summed E-state index contributed by atoms with van der Waals surface area (Å²) in [7, 11) is 0. The van der Waals surface area contributed by atoms with Crippen molar-refractivity contribution in [3.8, 4) is 11.5 Å². The van der Waals surface area contributed by atoms with Crippen LogP contribution >= 0.6 is 0 Å². The summed E-state index contributed by atoms with van der Waals surface area (Å²) in [6, 6.07) is 12.1. The Morgan fingerprint density at radius 3 is 1.28 bits per heavy atom. The number of benzene rings is 2. The van der Waals surface area contributed by atoms with Crippen LogP contribution in [0.5, 0.6) is 11.5 Å². The van der Waals surface area contributed by atoms with Crippen molar-refractivity contribution in [2.24, 2.45) is 0 Å². The molecule has 0 aromatic heterocycles. The zero-order valence-corrected chi connectivity index (χ0v) is 21.3. The van der Waals surface area contributed by atoms with Crippen LogP contribution in [-0.2, 0) is 39.1 Å². The van der Waals surface area contributed by atoms with Gasteiger partial charge in [-0.2, -0.15) is 0 Å². The molecule has 0 bridgehead atoms. The van der Waals surface area contributed by atoms with Crippen LogP contribution in [0.15, 0.2) is 48.5 Å². The van der Waals surface area contributed by atoms with Gasteiger partial charge in [-0.15, -0.1) is 0 Å². The molecule has 0 saturated heterocycles. The summed E-state index contributed by atoms with van der Waals surface area (Å²) < 4.78 is 20.0. The number of ether oxygens (including phenoxy) is 4. The molecule has 0 fully saturated rings. The predicted octanol–water partition coefficient (Wildman–Crippen LogP) is 4.67. The Balaban J connectivity index is 1.44. The lowest BCUT2D eigenvalue weighted by Crippen LogP contribution is -2.13. The van der Waals surface area contributed by atoms with Gasteiger partial charge in [0.2, 0.25) is 0 Å². The third-order valence-corrected chi connectivity index (χ3v) is 4.45. The van der Waals surface area contributed by atoms with Crippen LogP contribution in [0.2, 0.25) is 0 Å². The first-order valence-electron chi connectivity index (χ1n) is 11.8. The highest BCUT2D eigenvalue weighted by atomic mass is 17.5. The molecule has 0 radical (unpaired) electrons. The van der Waals surface area contributed by atoms with E-state index in [1.165, 1.54) is 24.3 Å². The Kier molecular flexibility index (Phi) is 14.0. The summed E-state index contributed by atoms with van der Waals surface area (Å²) in [5.74, 6) is -0.620. The van der Waals surface area contributed by atoms with Crippen molar-refractivity contribution in [3.63, 3.8) is 0 Å². The lowest BCUT2D eigenvalue weighted by molar-refractivity contribution is -0.452. The smallest absolute Gasteiger partial charge is 0.494 e. The van der Waals surface area contributed by atoms with E-state index in [-0.39, 0.29) is 24.3 Å². The SMILES string of the molecule is CCOc1ccc(C(=O)OOOC(=O)OCCCCCOC(=O)OOOC(=O)c2ccc(OCC)cc2)cc1. The average molecular weight is 552 g/mol. The molecule has 0 N–H and O–H groups in total. The highest BCUT2D eigenvalue weighted by Crippen LogP contribution is 2.14. The molecule has 0 aliphatic heterocycles. The van der Waals surface area contributed by atoms with E-state index < -0.39 is 24.2 Å². The van der Waals surface area contributed by atoms with E-state index in [9.17, 15) is 19.2 Å². The Hall–Kier alpha value is -4.56. The van der Waals surface area contributed by atoms with Gasteiger partial charge < -0.3 is 18.9 Å². The minimum Gasteiger partial charge on any atom is -0.494 e. The van der Waals surface area contributed by atoms with Gasteiger partial charge in [0.15, 0.2) is 0 Å². The number of rotatable bonds is 16. The van der Waals surface area contributed by atoms with Gasteiger partial charge in [-0.1, -0.05) is 0 Å². The van der Waals surface area contributed by atoms with Crippen molar-refractivity contribution in [3.05, 3.63) is 59.7 Å². The fourth-order valence-corrected chi connectivity index (χ4v) is 2.70. The van der Waals surface area contributed by atoms with Gasteiger partial charge in [0.1, 0.15) is 11.5 Å². The second kappa shape index (κ2) is 17.8. The molecule has 0 aliphatic carbocycles. The predicted molar refractivity (Wildman–Crippen MR) is 127 cm³/mol. The van der Waals surface area contributed by atoms with Gasteiger partial charge in [-0.3, -0.25) is 9.78 Å². The van der Waals surface area contributed by atoms with Crippen LogP contribution in [0.4, 0.5) is 9.59 Å². The highest BCUT2D eigenvalue weighted by molar-refractivity contribution is 5.89. The Bertz CT molecular complexity index is 952. The molecular weight excluding hydrogens is 524 g/mol. The molecule has 2 aromatic rings. The van der Waals surface area contributed by atoms with Crippen LogP contribution < -0.4 is 9.47 Å². The summed E-state index contributed by atoms with van der Waals surface area (Å²) in [5.41, 5.74) is 0.302. The molecule has 0 saturated carbocycles. The molecule has 0 heterocycles. The number of carbonyl (C=O) groups excluding carboxylic acids is 4. The Morgan fingerprint density at radius 1 is 0.538 bits per heavy atom. The molecule has 39 heavy (non-hydrogen) atoms. The second-order valence-electron chi connectivity index (χ2n) is 7.22. The van der Waals surface area contributed by atoms with Crippen molar-refractivity contribution in [1.29, 1.82) is 0 Å². The van der Waals surface area contributed by atoms with Crippen molar-refractivity contribution in [2.75, 3.05) is 26.4 Å². The monoisotopic (exact) mass is 552 g/mol. The number of carbonyl (C=O) groups is 4. The third-order valence-electron chi connectivity index (χ3n) is 4.45. The first kappa shape index (κ1) is 30.7.